The fourth-order valence-corrected chi connectivity index (χ4v) is 6.31. The van der Waals surface area contributed by atoms with E-state index in [2.05, 4.69) is 180 Å². The van der Waals surface area contributed by atoms with Crippen LogP contribution >= 0.6 is 0 Å². The first kappa shape index (κ1) is 25.8. The van der Waals surface area contributed by atoms with Crippen molar-refractivity contribution in [2.75, 3.05) is 5.32 Å². The van der Waals surface area contributed by atoms with Crippen molar-refractivity contribution in [3.63, 3.8) is 0 Å². The van der Waals surface area contributed by atoms with E-state index >= 15 is 0 Å². The number of hydrogen-bond acceptors (Lipinski definition) is 1. The third kappa shape index (κ3) is 4.63. The second-order valence-corrected chi connectivity index (χ2v) is 11.1. The zero-order chi connectivity index (χ0) is 29.3. The smallest absolute Gasteiger partial charge is 0.0619 e. The lowest BCUT2D eigenvalue weighted by atomic mass is 9.95. The molecule has 0 bridgehead atoms. The molecule has 7 aromatic carbocycles. The van der Waals surface area contributed by atoms with Crippen molar-refractivity contribution in [3.8, 4) is 39.1 Å². The van der Waals surface area contributed by atoms with Gasteiger partial charge in [0.1, 0.15) is 0 Å². The Hall–Kier alpha value is -5.86. The molecule has 0 amide bonds. The highest BCUT2D eigenvalue weighted by molar-refractivity contribution is 6.14. The van der Waals surface area contributed by atoms with E-state index in [-0.39, 0.29) is 0 Å². The van der Waals surface area contributed by atoms with E-state index in [1.54, 1.807) is 0 Å². The number of hydrogen-bond donors (Lipinski definition) is 1. The van der Waals surface area contributed by atoms with Crippen molar-refractivity contribution < 1.29 is 0 Å². The Morgan fingerprint density at radius 3 is 1.73 bits per heavy atom. The third-order valence-corrected chi connectivity index (χ3v) is 8.40. The summed E-state index contributed by atoms with van der Waals surface area (Å²) in [5, 5.41) is 6.16. The maximum absolute atomic E-state index is 3.66. The SMILES string of the molecule is c1ccc(Nc2ccc(-c3cccc4c5ccccc5n(-c5ccc(-c6ccccc6)cc5)c34)cc2-c2ccccc2)cc1. The summed E-state index contributed by atoms with van der Waals surface area (Å²) in [7, 11) is 0. The van der Waals surface area contributed by atoms with E-state index in [4.69, 9.17) is 0 Å². The first-order chi connectivity index (χ1) is 21.8. The van der Waals surface area contributed by atoms with Gasteiger partial charge in [0.25, 0.3) is 0 Å². The number of anilines is 2. The minimum Gasteiger partial charge on any atom is -0.355 e. The molecule has 8 aromatic rings. The number of aromatic nitrogens is 1. The molecule has 0 unspecified atom stereocenters. The second-order valence-electron chi connectivity index (χ2n) is 11.1. The lowest BCUT2D eigenvalue weighted by Crippen LogP contribution is -1.97. The van der Waals surface area contributed by atoms with Crippen LogP contribution in [0, 0.1) is 0 Å². The van der Waals surface area contributed by atoms with Gasteiger partial charge in [-0.1, -0.05) is 133 Å². The van der Waals surface area contributed by atoms with Crippen molar-refractivity contribution in [2.45, 2.75) is 0 Å². The van der Waals surface area contributed by atoms with Gasteiger partial charge in [-0.2, -0.15) is 0 Å². The quantitative estimate of drug-likeness (QED) is 0.213. The van der Waals surface area contributed by atoms with Gasteiger partial charge < -0.3 is 9.88 Å². The Bertz CT molecular complexity index is 2210. The van der Waals surface area contributed by atoms with Crippen LogP contribution in [-0.4, -0.2) is 4.57 Å². The molecule has 0 atom stereocenters. The van der Waals surface area contributed by atoms with E-state index in [1.165, 1.54) is 55.2 Å². The summed E-state index contributed by atoms with van der Waals surface area (Å²) in [6.45, 7) is 0. The molecule has 208 valence electrons. The highest BCUT2D eigenvalue weighted by Crippen LogP contribution is 2.41. The molecule has 0 radical (unpaired) electrons. The Morgan fingerprint density at radius 1 is 0.386 bits per heavy atom. The fraction of sp³-hybridized carbons (Fsp3) is 0. The molecule has 0 aliphatic rings. The molecular formula is C42H30N2. The number of para-hydroxylation sites is 3. The molecular weight excluding hydrogens is 532 g/mol. The first-order valence-corrected chi connectivity index (χ1v) is 15.0. The largest absolute Gasteiger partial charge is 0.355 e. The minimum atomic E-state index is 1.07. The van der Waals surface area contributed by atoms with Crippen LogP contribution in [0.4, 0.5) is 11.4 Å². The third-order valence-electron chi connectivity index (χ3n) is 8.40. The Morgan fingerprint density at radius 2 is 0.977 bits per heavy atom. The number of nitrogens with zero attached hydrogens (tertiary/aromatic N) is 1. The zero-order valence-corrected chi connectivity index (χ0v) is 24.2. The average Bonchev–Trinajstić information content (AvgIpc) is 3.44. The highest BCUT2D eigenvalue weighted by atomic mass is 15.0. The zero-order valence-electron chi connectivity index (χ0n) is 24.2. The van der Waals surface area contributed by atoms with Crippen LogP contribution in [0.15, 0.2) is 176 Å². The maximum Gasteiger partial charge on any atom is 0.0619 e. The van der Waals surface area contributed by atoms with Gasteiger partial charge in [-0.3, -0.25) is 0 Å². The van der Waals surface area contributed by atoms with Crippen molar-refractivity contribution in [1.82, 2.24) is 4.57 Å². The van der Waals surface area contributed by atoms with Crippen LogP contribution in [0.25, 0.3) is 60.9 Å². The van der Waals surface area contributed by atoms with Crippen LogP contribution in [0.5, 0.6) is 0 Å². The lowest BCUT2D eigenvalue weighted by Gasteiger charge is -2.16. The predicted octanol–water partition coefficient (Wildman–Crippen LogP) is 11.5. The van der Waals surface area contributed by atoms with Crippen LogP contribution in [0.3, 0.4) is 0 Å². The van der Waals surface area contributed by atoms with Crippen molar-refractivity contribution >= 4 is 33.2 Å². The molecule has 0 aliphatic heterocycles. The van der Waals surface area contributed by atoms with E-state index < -0.39 is 0 Å². The molecule has 8 rings (SSSR count). The normalized spacial score (nSPS) is 11.2. The standard InChI is InChI=1S/C42H30N2/c1-4-13-30(14-5-1)31-23-26-35(27-24-31)44-41-22-11-10-19-37(41)38-21-12-20-36(42(38)44)33-25-28-40(43-34-17-8-3-9-18-34)39(29-33)32-15-6-2-7-16-32/h1-29,43H. The van der Waals surface area contributed by atoms with Gasteiger partial charge in [0.15, 0.2) is 0 Å². The molecule has 2 heteroatoms. The van der Waals surface area contributed by atoms with Crippen molar-refractivity contribution in [1.29, 1.82) is 0 Å². The Balaban J connectivity index is 1.33. The number of benzene rings is 7. The second kappa shape index (κ2) is 11.1. The highest BCUT2D eigenvalue weighted by Gasteiger charge is 2.17. The fourth-order valence-electron chi connectivity index (χ4n) is 6.31. The molecule has 0 aliphatic carbocycles. The summed E-state index contributed by atoms with van der Waals surface area (Å²) in [6.07, 6.45) is 0. The average molecular weight is 563 g/mol. The molecule has 0 fully saturated rings. The van der Waals surface area contributed by atoms with Crippen LogP contribution < -0.4 is 5.32 Å². The van der Waals surface area contributed by atoms with Crippen LogP contribution in [0.1, 0.15) is 0 Å². The molecule has 0 spiro atoms. The number of nitrogens with one attached hydrogen (secondary N) is 1. The predicted molar refractivity (Wildman–Crippen MR) is 187 cm³/mol. The summed E-state index contributed by atoms with van der Waals surface area (Å²) in [6, 6.07) is 62.7. The van der Waals surface area contributed by atoms with Gasteiger partial charge in [0.05, 0.1) is 11.0 Å². The van der Waals surface area contributed by atoms with Gasteiger partial charge in [0.2, 0.25) is 0 Å². The van der Waals surface area contributed by atoms with E-state index in [0.29, 0.717) is 0 Å². The van der Waals surface area contributed by atoms with Gasteiger partial charge in [-0.05, 0) is 64.7 Å². The lowest BCUT2D eigenvalue weighted by molar-refractivity contribution is 1.18. The summed E-state index contributed by atoms with van der Waals surface area (Å²) in [4.78, 5) is 0. The van der Waals surface area contributed by atoms with E-state index in [0.717, 1.165) is 17.1 Å². The molecule has 1 N–H and O–H groups in total. The van der Waals surface area contributed by atoms with Crippen molar-refractivity contribution in [3.05, 3.63) is 176 Å². The Labute approximate surface area is 257 Å². The first-order valence-electron chi connectivity index (χ1n) is 15.0. The van der Waals surface area contributed by atoms with Gasteiger partial charge in [-0.15, -0.1) is 0 Å². The topological polar surface area (TPSA) is 17.0 Å². The van der Waals surface area contributed by atoms with Crippen LogP contribution in [0.2, 0.25) is 0 Å². The molecule has 44 heavy (non-hydrogen) atoms. The maximum atomic E-state index is 3.66. The van der Waals surface area contributed by atoms with Gasteiger partial charge in [-0.25, -0.2) is 0 Å². The van der Waals surface area contributed by atoms with Gasteiger partial charge >= 0.3 is 0 Å². The molecule has 0 saturated carbocycles. The summed E-state index contributed by atoms with van der Waals surface area (Å²) < 4.78 is 2.42. The van der Waals surface area contributed by atoms with E-state index in [1.807, 2.05) is 6.07 Å². The van der Waals surface area contributed by atoms with Crippen molar-refractivity contribution in [2.24, 2.45) is 0 Å². The van der Waals surface area contributed by atoms with Gasteiger partial charge in [0, 0.05) is 39.0 Å². The molecule has 0 saturated heterocycles. The summed E-state index contributed by atoms with van der Waals surface area (Å²) in [5.74, 6) is 0. The Kier molecular flexibility index (Phi) is 6.51. The number of fused-ring (bicyclic) bond motifs is 3. The van der Waals surface area contributed by atoms with Crippen LogP contribution in [-0.2, 0) is 0 Å². The minimum absolute atomic E-state index is 1.07. The van der Waals surface area contributed by atoms with E-state index in [9.17, 15) is 0 Å². The summed E-state index contributed by atoms with van der Waals surface area (Å²) in [5.41, 5.74) is 12.9. The monoisotopic (exact) mass is 562 g/mol. The number of rotatable bonds is 6. The molecule has 1 heterocycles. The summed E-state index contributed by atoms with van der Waals surface area (Å²) >= 11 is 0. The molecule has 2 nitrogen and oxygen atoms in total. The molecule has 1 aromatic heterocycles.